The predicted molar refractivity (Wildman–Crippen MR) is 82.2 cm³/mol. The van der Waals surface area contributed by atoms with Crippen LogP contribution < -0.4 is 0 Å². The van der Waals surface area contributed by atoms with Crippen LogP contribution in [0.4, 0.5) is 0 Å². The summed E-state index contributed by atoms with van der Waals surface area (Å²) >= 11 is 5.79. The molecule has 0 aliphatic heterocycles. The molecule has 0 N–H and O–H groups in total. The summed E-state index contributed by atoms with van der Waals surface area (Å²) < 4.78 is 0. The number of nitrogens with zero attached hydrogens (tertiary/aromatic N) is 1. The zero-order valence-electron chi connectivity index (χ0n) is 13.4. The van der Waals surface area contributed by atoms with E-state index in [1.54, 1.807) is 0 Å². The molecular formula is C16H28ClNO. The first kappa shape index (κ1) is 16.6. The minimum absolute atomic E-state index is 0.0134. The van der Waals surface area contributed by atoms with E-state index >= 15 is 0 Å². The molecule has 0 radical (unpaired) electrons. The van der Waals surface area contributed by atoms with Gasteiger partial charge in [0.1, 0.15) is 5.88 Å². The Kier molecular flexibility index (Phi) is 4.77. The summed E-state index contributed by atoms with van der Waals surface area (Å²) in [5.41, 5.74) is 2.87. The molecule has 1 aliphatic carbocycles. The van der Waals surface area contributed by atoms with Crippen molar-refractivity contribution >= 4 is 17.5 Å². The fourth-order valence-electron chi connectivity index (χ4n) is 3.45. The Morgan fingerprint density at radius 1 is 1.32 bits per heavy atom. The van der Waals surface area contributed by atoms with E-state index < -0.39 is 0 Å². The van der Waals surface area contributed by atoms with Crippen molar-refractivity contribution in [2.45, 2.75) is 67.3 Å². The first-order valence-electron chi connectivity index (χ1n) is 7.10. The number of allylic oxidation sites excluding steroid dienone is 2. The molecule has 0 spiro atoms. The molecule has 0 saturated carbocycles. The molecule has 0 bridgehead atoms. The van der Waals surface area contributed by atoms with Gasteiger partial charge in [0.2, 0.25) is 5.91 Å². The van der Waals surface area contributed by atoms with Gasteiger partial charge in [0.05, 0.1) is 0 Å². The molecule has 0 atom stereocenters. The van der Waals surface area contributed by atoms with Crippen LogP contribution in [0.15, 0.2) is 11.3 Å². The van der Waals surface area contributed by atoms with Gasteiger partial charge in [-0.15, -0.1) is 11.6 Å². The molecule has 0 heterocycles. The maximum atomic E-state index is 12.2. The highest BCUT2D eigenvalue weighted by Crippen LogP contribution is 2.49. The molecule has 1 amide bonds. The molecular weight excluding hydrogens is 258 g/mol. The molecule has 19 heavy (non-hydrogen) atoms. The highest BCUT2D eigenvalue weighted by molar-refractivity contribution is 6.27. The Labute approximate surface area is 123 Å². The molecule has 0 fully saturated rings. The smallest absolute Gasteiger partial charge is 0.241 e. The van der Waals surface area contributed by atoms with Gasteiger partial charge in [-0.3, -0.25) is 4.79 Å². The van der Waals surface area contributed by atoms with Crippen molar-refractivity contribution in [1.82, 2.24) is 4.90 Å². The van der Waals surface area contributed by atoms with Crippen molar-refractivity contribution in [2.24, 2.45) is 10.8 Å². The van der Waals surface area contributed by atoms with Crippen LogP contribution in [-0.4, -0.2) is 22.7 Å². The summed E-state index contributed by atoms with van der Waals surface area (Å²) in [5.74, 6) is 0.0648. The second kappa shape index (κ2) is 5.47. The third-order valence-electron chi connectivity index (χ3n) is 4.20. The zero-order valence-corrected chi connectivity index (χ0v) is 14.2. The van der Waals surface area contributed by atoms with E-state index in [0.717, 1.165) is 12.8 Å². The lowest BCUT2D eigenvalue weighted by Gasteiger charge is -2.46. The Balaban J connectivity index is 3.30. The fourth-order valence-corrected chi connectivity index (χ4v) is 3.58. The molecule has 0 unspecified atom stereocenters. The van der Waals surface area contributed by atoms with Gasteiger partial charge in [-0.05, 0) is 50.0 Å². The van der Waals surface area contributed by atoms with E-state index in [0.29, 0.717) is 0 Å². The van der Waals surface area contributed by atoms with Gasteiger partial charge in [0.15, 0.2) is 0 Å². The lowest BCUT2D eigenvalue weighted by atomic mass is 9.64. The van der Waals surface area contributed by atoms with Gasteiger partial charge in [0.25, 0.3) is 0 Å². The summed E-state index contributed by atoms with van der Waals surface area (Å²) in [6.45, 7) is 15.4. The maximum absolute atomic E-state index is 12.2. The lowest BCUT2D eigenvalue weighted by Crippen LogP contribution is -2.43. The highest BCUT2D eigenvalue weighted by Gasteiger charge is 2.40. The van der Waals surface area contributed by atoms with E-state index in [1.807, 2.05) is 4.90 Å². The van der Waals surface area contributed by atoms with Gasteiger partial charge < -0.3 is 4.90 Å². The van der Waals surface area contributed by atoms with Gasteiger partial charge in [0, 0.05) is 11.7 Å². The Morgan fingerprint density at radius 2 is 1.84 bits per heavy atom. The molecule has 0 saturated heterocycles. The van der Waals surface area contributed by atoms with Crippen LogP contribution in [0.2, 0.25) is 0 Å². The number of carbonyl (C=O) groups is 1. The van der Waals surface area contributed by atoms with E-state index in [2.05, 4.69) is 48.5 Å². The van der Waals surface area contributed by atoms with E-state index in [4.69, 9.17) is 11.6 Å². The minimum Gasteiger partial charge on any atom is -0.313 e. The van der Waals surface area contributed by atoms with E-state index in [-0.39, 0.29) is 28.7 Å². The summed E-state index contributed by atoms with van der Waals surface area (Å²) in [4.78, 5) is 14.1. The fraction of sp³-hybridized carbons (Fsp3) is 0.812. The molecule has 1 aliphatic rings. The Morgan fingerprint density at radius 3 is 2.26 bits per heavy atom. The van der Waals surface area contributed by atoms with Crippen molar-refractivity contribution < 1.29 is 4.79 Å². The second-order valence-electron chi connectivity index (χ2n) is 7.46. The normalized spacial score (nSPS) is 21.7. The molecule has 3 heteroatoms. The number of alkyl halides is 1. The van der Waals surface area contributed by atoms with Crippen LogP contribution in [0.5, 0.6) is 0 Å². The predicted octanol–water partition coefficient (Wildman–Crippen LogP) is 4.58. The molecule has 110 valence electrons. The molecule has 0 aromatic rings. The summed E-state index contributed by atoms with van der Waals surface area (Å²) in [7, 11) is 0. The molecule has 0 aromatic carbocycles. The van der Waals surface area contributed by atoms with E-state index in [9.17, 15) is 4.79 Å². The second-order valence-corrected chi connectivity index (χ2v) is 7.73. The van der Waals surface area contributed by atoms with Crippen molar-refractivity contribution in [3.63, 3.8) is 0 Å². The SMILES string of the molecule is CC1=C(N(C(=O)CCl)C(C)C)CC(C)(C)CC1(C)C. The number of halogens is 1. The highest BCUT2D eigenvalue weighted by atomic mass is 35.5. The third-order valence-corrected chi connectivity index (χ3v) is 4.43. The average molecular weight is 286 g/mol. The van der Waals surface area contributed by atoms with E-state index in [1.165, 1.54) is 11.3 Å². The van der Waals surface area contributed by atoms with Crippen molar-refractivity contribution in [1.29, 1.82) is 0 Å². The first-order chi connectivity index (χ1) is 8.52. The standard InChI is InChI=1S/C16H28ClNO/c1-11(2)18(14(19)9-17)13-8-15(4,5)10-16(6,7)12(13)3/h11H,8-10H2,1-7H3. The first-order valence-corrected chi connectivity index (χ1v) is 7.63. The monoisotopic (exact) mass is 285 g/mol. The molecule has 0 aromatic heterocycles. The summed E-state index contributed by atoms with van der Waals surface area (Å²) in [6.07, 6.45) is 2.10. The quantitative estimate of drug-likeness (QED) is 0.695. The van der Waals surface area contributed by atoms with Gasteiger partial charge in [-0.2, -0.15) is 0 Å². The van der Waals surface area contributed by atoms with Crippen molar-refractivity contribution in [3.8, 4) is 0 Å². The minimum atomic E-state index is 0.0134. The third kappa shape index (κ3) is 3.53. The van der Waals surface area contributed by atoms with Crippen LogP contribution in [0.1, 0.15) is 61.3 Å². The Hall–Kier alpha value is -0.500. The Bertz CT molecular complexity index is 394. The topological polar surface area (TPSA) is 20.3 Å². The number of hydrogen-bond acceptors (Lipinski definition) is 1. The maximum Gasteiger partial charge on any atom is 0.241 e. The number of amides is 1. The van der Waals surface area contributed by atoms with Gasteiger partial charge in [-0.25, -0.2) is 0 Å². The van der Waals surface area contributed by atoms with Crippen LogP contribution in [0.25, 0.3) is 0 Å². The van der Waals surface area contributed by atoms with Gasteiger partial charge >= 0.3 is 0 Å². The largest absolute Gasteiger partial charge is 0.313 e. The number of hydrogen-bond donors (Lipinski definition) is 0. The molecule has 1 rings (SSSR count). The lowest BCUT2D eigenvalue weighted by molar-refractivity contribution is -0.128. The summed E-state index contributed by atoms with van der Waals surface area (Å²) in [6, 6.07) is 0.154. The van der Waals surface area contributed by atoms with Crippen molar-refractivity contribution in [3.05, 3.63) is 11.3 Å². The van der Waals surface area contributed by atoms with Gasteiger partial charge in [-0.1, -0.05) is 27.7 Å². The zero-order chi connectivity index (χ0) is 15.0. The van der Waals surface area contributed by atoms with Crippen molar-refractivity contribution in [2.75, 3.05) is 5.88 Å². The number of rotatable bonds is 3. The molecule has 2 nitrogen and oxygen atoms in total. The summed E-state index contributed by atoms with van der Waals surface area (Å²) in [5, 5.41) is 0. The number of carbonyl (C=O) groups excluding carboxylic acids is 1. The van der Waals surface area contributed by atoms with Crippen LogP contribution in [0.3, 0.4) is 0 Å². The average Bonchev–Trinajstić information content (AvgIpc) is 2.22. The van der Waals surface area contributed by atoms with Crippen LogP contribution in [-0.2, 0) is 4.79 Å². The van der Waals surface area contributed by atoms with Crippen LogP contribution in [0, 0.1) is 10.8 Å². The van der Waals surface area contributed by atoms with Crippen LogP contribution >= 0.6 is 11.6 Å².